The third-order valence-electron chi connectivity index (χ3n) is 3.05. The first-order valence-electron chi connectivity index (χ1n) is 5.30. The predicted molar refractivity (Wildman–Crippen MR) is 71.0 cm³/mol. The van der Waals surface area contributed by atoms with Gasteiger partial charge in [-0.3, -0.25) is 4.90 Å². The number of hydrogen-bond donors (Lipinski definition) is 1. The molecular weight excluding hydrogens is 222 g/mol. The standard InChI is InChI=1S/C12H17NS2/c1-9(8-14)7-13-5-3-12-11(10(13)2)4-6-15-12/h4,6,10,14H,1,3,5,7-8H2,2H3. The zero-order valence-electron chi connectivity index (χ0n) is 9.07. The van der Waals surface area contributed by atoms with E-state index in [0.717, 1.165) is 18.8 Å². The van der Waals surface area contributed by atoms with Crippen LogP contribution in [0.2, 0.25) is 0 Å². The average Bonchev–Trinajstić information content (AvgIpc) is 2.70. The van der Waals surface area contributed by atoms with Crippen LogP contribution in [0.15, 0.2) is 23.6 Å². The van der Waals surface area contributed by atoms with Crippen LogP contribution in [0.3, 0.4) is 0 Å². The van der Waals surface area contributed by atoms with E-state index in [1.165, 1.54) is 17.6 Å². The Kier molecular flexibility index (Phi) is 3.54. The van der Waals surface area contributed by atoms with Crippen molar-refractivity contribution in [1.29, 1.82) is 0 Å². The van der Waals surface area contributed by atoms with Crippen LogP contribution < -0.4 is 0 Å². The zero-order chi connectivity index (χ0) is 10.8. The van der Waals surface area contributed by atoms with E-state index in [2.05, 4.69) is 42.5 Å². The molecule has 1 nitrogen and oxygen atoms in total. The first-order chi connectivity index (χ1) is 7.22. The van der Waals surface area contributed by atoms with Crippen molar-refractivity contribution >= 4 is 24.0 Å². The molecule has 3 heteroatoms. The van der Waals surface area contributed by atoms with E-state index in [9.17, 15) is 0 Å². The van der Waals surface area contributed by atoms with Gasteiger partial charge in [-0.1, -0.05) is 12.2 Å². The second kappa shape index (κ2) is 4.73. The number of thiol groups is 1. The van der Waals surface area contributed by atoms with E-state index < -0.39 is 0 Å². The molecule has 1 aliphatic heterocycles. The summed E-state index contributed by atoms with van der Waals surface area (Å²) in [5.74, 6) is 0.791. The third kappa shape index (κ3) is 2.30. The normalized spacial score (nSPS) is 21.3. The molecule has 0 amide bonds. The summed E-state index contributed by atoms with van der Waals surface area (Å²) in [5.41, 5.74) is 2.72. The lowest BCUT2D eigenvalue weighted by Gasteiger charge is -2.33. The van der Waals surface area contributed by atoms with Gasteiger partial charge in [-0.05, 0) is 30.4 Å². The van der Waals surface area contributed by atoms with E-state index in [4.69, 9.17) is 0 Å². The van der Waals surface area contributed by atoms with Crippen LogP contribution in [0.4, 0.5) is 0 Å². The Morgan fingerprint density at radius 2 is 2.53 bits per heavy atom. The summed E-state index contributed by atoms with van der Waals surface area (Å²) in [6.45, 7) is 8.46. The molecule has 0 bridgehead atoms. The Morgan fingerprint density at radius 1 is 1.73 bits per heavy atom. The Hall–Kier alpha value is -0.250. The fraction of sp³-hybridized carbons (Fsp3) is 0.500. The quantitative estimate of drug-likeness (QED) is 0.626. The molecule has 0 aliphatic carbocycles. The Balaban J connectivity index is 2.09. The fourth-order valence-corrected chi connectivity index (χ4v) is 3.18. The number of hydrogen-bond acceptors (Lipinski definition) is 3. The van der Waals surface area contributed by atoms with Crippen molar-refractivity contribution in [1.82, 2.24) is 4.90 Å². The maximum atomic E-state index is 4.26. The average molecular weight is 239 g/mol. The van der Waals surface area contributed by atoms with Crippen molar-refractivity contribution in [2.45, 2.75) is 19.4 Å². The van der Waals surface area contributed by atoms with Crippen LogP contribution >= 0.6 is 24.0 Å². The second-order valence-electron chi connectivity index (χ2n) is 4.10. The number of fused-ring (bicyclic) bond motifs is 1. The summed E-state index contributed by atoms with van der Waals surface area (Å²) in [6.07, 6.45) is 1.19. The van der Waals surface area contributed by atoms with Crippen LogP contribution in [-0.4, -0.2) is 23.7 Å². The minimum atomic E-state index is 0.539. The second-order valence-corrected chi connectivity index (χ2v) is 5.42. The largest absolute Gasteiger partial charge is 0.292 e. The van der Waals surface area contributed by atoms with Crippen LogP contribution in [0.5, 0.6) is 0 Å². The summed E-state index contributed by atoms with van der Waals surface area (Å²) >= 11 is 6.16. The highest BCUT2D eigenvalue weighted by Crippen LogP contribution is 2.32. The smallest absolute Gasteiger partial charge is 0.0334 e. The lowest BCUT2D eigenvalue weighted by atomic mass is 10.0. The van der Waals surface area contributed by atoms with Gasteiger partial charge >= 0.3 is 0 Å². The van der Waals surface area contributed by atoms with Crippen LogP contribution in [-0.2, 0) is 6.42 Å². The monoisotopic (exact) mass is 239 g/mol. The van der Waals surface area contributed by atoms with Crippen molar-refractivity contribution < 1.29 is 0 Å². The van der Waals surface area contributed by atoms with E-state index in [1.54, 1.807) is 4.88 Å². The summed E-state index contributed by atoms with van der Waals surface area (Å²) in [6, 6.07) is 2.80. The minimum Gasteiger partial charge on any atom is -0.292 e. The Bertz CT molecular complexity index is 356. The third-order valence-corrected chi connectivity index (χ3v) is 4.50. The van der Waals surface area contributed by atoms with E-state index >= 15 is 0 Å². The summed E-state index contributed by atoms with van der Waals surface area (Å²) in [7, 11) is 0. The molecule has 1 unspecified atom stereocenters. The van der Waals surface area contributed by atoms with Gasteiger partial charge in [-0.25, -0.2) is 0 Å². The van der Waals surface area contributed by atoms with Gasteiger partial charge < -0.3 is 0 Å². The molecule has 0 fully saturated rings. The molecule has 15 heavy (non-hydrogen) atoms. The van der Waals surface area contributed by atoms with Gasteiger partial charge in [0.2, 0.25) is 0 Å². The number of thiophene rings is 1. The molecule has 0 aromatic carbocycles. The SMILES string of the molecule is C=C(CS)CN1CCc2sccc2C1C. The lowest BCUT2D eigenvalue weighted by Crippen LogP contribution is -2.34. The maximum absolute atomic E-state index is 4.26. The van der Waals surface area contributed by atoms with Crippen molar-refractivity contribution in [3.05, 3.63) is 34.0 Å². The van der Waals surface area contributed by atoms with Gasteiger partial charge in [0.25, 0.3) is 0 Å². The van der Waals surface area contributed by atoms with E-state index in [0.29, 0.717) is 6.04 Å². The summed E-state index contributed by atoms with van der Waals surface area (Å²) in [4.78, 5) is 4.06. The molecule has 0 N–H and O–H groups in total. The highest BCUT2D eigenvalue weighted by Gasteiger charge is 2.24. The van der Waals surface area contributed by atoms with Crippen molar-refractivity contribution in [3.8, 4) is 0 Å². The molecule has 2 rings (SSSR count). The first kappa shape index (κ1) is 11.2. The summed E-state index contributed by atoms with van der Waals surface area (Å²) in [5, 5.41) is 2.21. The van der Waals surface area contributed by atoms with Gasteiger partial charge in [0.05, 0.1) is 0 Å². The summed E-state index contributed by atoms with van der Waals surface area (Å²) < 4.78 is 0. The minimum absolute atomic E-state index is 0.539. The molecule has 0 saturated carbocycles. The molecule has 82 valence electrons. The fourth-order valence-electron chi connectivity index (χ4n) is 2.11. The topological polar surface area (TPSA) is 3.24 Å². The molecule has 1 atom stereocenters. The molecular formula is C12H17NS2. The van der Waals surface area contributed by atoms with Crippen LogP contribution in [0, 0.1) is 0 Å². The maximum Gasteiger partial charge on any atom is 0.0334 e. The van der Waals surface area contributed by atoms with Crippen molar-refractivity contribution in [2.24, 2.45) is 0 Å². The van der Waals surface area contributed by atoms with Crippen LogP contribution in [0.1, 0.15) is 23.4 Å². The van der Waals surface area contributed by atoms with Crippen molar-refractivity contribution in [2.75, 3.05) is 18.8 Å². The van der Waals surface area contributed by atoms with Gasteiger partial charge in [-0.15, -0.1) is 11.3 Å². The van der Waals surface area contributed by atoms with E-state index in [1.807, 2.05) is 11.3 Å². The van der Waals surface area contributed by atoms with Crippen LogP contribution in [0.25, 0.3) is 0 Å². The lowest BCUT2D eigenvalue weighted by molar-refractivity contribution is 0.218. The van der Waals surface area contributed by atoms with Gasteiger partial charge in [-0.2, -0.15) is 12.6 Å². The Morgan fingerprint density at radius 3 is 3.27 bits per heavy atom. The first-order valence-corrected chi connectivity index (χ1v) is 6.81. The van der Waals surface area contributed by atoms with Gasteiger partial charge in [0.15, 0.2) is 0 Å². The highest BCUT2D eigenvalue weighted by molar-refractivity contribution is 7.80. The molecule has 0 radical (unpaired) electrons. The molecule has 2 heterocycles. The predicted octanol–water partition coefficient (Wildman–Crippen LogP) is 3.15. The highest BCUT2D eigenvalue weighted by atomic mass is 32.1. The van der Waals surface area contributed by atoms with Gasteiger partial charge in [0.1, 0.15) is 0 Å². The van der Waals surface area contributed by atoms with Gasteiger partial charge in [0, 0.05) is 29.8 Å². The number of nitrogens with zero attached hydrogens (tertiary/aromatic N) is 1. The zero-order valence-corrected chi connectivity index (χ0v) is 10.8. The molecule has 0 spiro atoms. The molecule has 1 aromatic rings. The van der Waals surface area contributed by atoms with E-state index in [-0.39, 0.29) is 0 Å². The molecule has 1 aromatic heterocycles. The van der Waals surface area contributed by atoms with Crippen molar-refractivity contribution in [3.63, 3.8) is 0 Å². The number of rotatable bonds is 3. The molecule has 0 saturated heterocycles. The Labute approximate surface area is 101 Å². The molecule has 1 aliphatic rings.